The highest BCUT2D eigenvalue weighted by Crippen LogP contribution is 2.13. The highest BCUT2D eigenvalue weighted by atomic mass is 14.8. The largest absolute Gasteiger partial charge is 0.317 e. The van der Waals surface area contributed by atoms with Gasteiger partial charge in [-0.05, 0) is 31.8 Å². The summed E-state index contributed by atoms with van der Waals surface area (Å²) in [7, 11) is 0. The fraction of sp³-hybridized carbons (Fsp3) is 1.00. The van der Waals surface area contributed by atoms with Crippen molar-refractivity contribution in [3.8, 4) is 0 Å². The molecule has 0 aromatic carbocycles. The van der Waals surface area contributed by atoms with Crippen molar-refractivity contribution in [1.82, 2.24) is 5.32 Å². The monoisotopic (exact) mass is 269 g/mol. The van der Waals surface area contributed by atoms with Crippen molar-refractivity contribution in [2.24, 2.45) is 5.92 Å². The van der Waals surface area contributed by atoms with Gasteiger partial charge in [-0.2, -0.15) is 0 Å². The van der Waals surface area contributed by atoms with Crippen LogP contribution in [0.3, 0.4) is 0 Å². The Bertz CT molecular complexity index is 154. The summed E-state index contributed by atoms with van der Waals surface area (Å²) >= 11 is 0. The van der Waals surface area contributed by atoms with Crippen molar-refractivity contribution in [2.45, 2.75) is 97.8 Å². The highest BCUT2D eigenvalue weighted by Gasteiger charge is 1.95. The van der Waals surface area contributed by atoms with Crippen LogP contribution in [0.1, 0.15) is 97.8 Å². The molecule has 0 fully saturated rings. The summed E-state index contributed by atoms with van der Waals surface area (Å²) in [4.78, 5) is 0. The van der Waals surface area contributed by atoms with Gasteiger partial charge >= 0.3 is 0 Å². The van der Waals surface area contributed by atoms with Gasteiger partial charge in [0, 0.05) is 0 Å². The first kappa shape index (κ1) is 19.0. The van der Waals surface area contributed by atoms with Gasteiger partial charge in [0.25, 0.3) is 0 Å². The maximum atomic E-state index is 3.47. The van der Waals surface area contributed by atoms with Crippen LogP contribution in [-0.2, 0) is 0 Å². The fourth-order valence-electron chi connectivity index (χ4n) is 2.52. The minimum Gasteiger partial charge on any atom is -0.317 e. The SMILES string of the molecule is CCCNCCCCCCCCCCCCC(C)C. The van der Waals surface area contributed by atoms with Crippen LogP contribution < -0.4 is 5.32 Å². The first-order chi connectivity index (χ1) is 9.27. The van der Waals surface area contributed by atoms with E-state index in [9.17, 15) is 0 Å². The third-order valence-electron chi connectivity index (χ3n) is 3.81. The Hall–Kier alpha value is -0.0400. The Balaban J connectivity index is 2.91. The third-order valence-corrected chi connectivity index (χ3v) is 3.81. The second-order valence-corrected chi connectivity index (χ2v) is 6.47. The summed E-state index contributed by atoms with van der Waals surface area (Å²) in [6, 6.07) is 0. The lowest BCUT2D eigenvalue weighted by Crippen LogP contribution is -2.15. The Kier molecular flexibility index (Phi) is 16.0. The van der Waals surface area contributed by atoms with Gasteiger partial charge in [0.05, 0.1) is 0 Å². The summed E-state index contributed by atoms with van der Waals surface area (Å²) in [5.41, 5.74) is 0. The molecule has 0 radical (unpaired) electrons. The van der Waals surface area contributed by atoms with Crippen molar-refractivity contribution in [3.63, 3.8) is 0 Å². The van der Waals surface area contributed by atoms with E-state index in [4.69, 9.17) is 0 Å². The minimum atomic E-state index is 0.895. The number of rotatable bonds is 15. The van der Waals surface area contributed by atoms with Gasteiger partial charge in [-0.25, -0.2) is 0 Å². The zero-order chi connectivity index (χ0) is 14.2. The normalized spacial score (nSPS) is 11.4. The molecular formula is C18H39N. The van der Waals surface area contributed by atoms with Crippen LogP contribution in [-0.4, -0.2) is 13.1 Å². The Morgan fingerprint density at radius 3 is 1.58 bits per heavy atom. The van der Waals surface area contributed by atoms with E-state index in [1.54, 1.807) is 0 Å². The highest BCUT2D eigenvalue weighted by molar-refractivity contribution is 4.51. The first-order valence-corrected chi connectivity index (χ1v) is 8.98. The second kappa shape index (κ2) is 16.0. The summed E-state index contributed by atoms with van der Waals surface area (Å²) in [5, 5.41) is 3.47. The average Bonchev–Trinajstić information content (AvgIpc) is 2.39. The molecule has 0 aliphatic carbocycles. The lowest BCUT2D eigenvalue weighted by molar-refractivity contribution is 0.503. The molecule has 0 heterocycles. The van der Waals surface area contributed by atoms with Crippen LogP contribution in [0.4, 0.5) is 0 Å². The smallest absolute Gasteiger partial charge is 0.00489 e. The third kappa shape index (κ3) is 18.0. The molecule has 0 saturated heterocycles. The van der Waals surface area contributed by atoms with E-state index in [-0.39, 0.29) is 0 Å². The van der Waals surface area contributed by atoms with Gasteiger partial charge in [-0.3, -0.25) is 0 Å². The molecule has 1 nitrogen and oxygen atoms in total. The molecule has 1 heteroatoms. The van der Waals surface area contributed by atoms with Crippen molar-refractivity contribution < 1.29 is 0 Å². The molecule has 0 aliphatic heterocycles. The number of hydrogen-bond donors (Lipinski definition) is 1. The topological polar surface area (TPSA) is 12.0 Å². The van der Waals surface area contributed by atoms with Crippen LogP contribution in [0, 0.1) is 5.92 Å². The van der Waals surface area contributed by atoms with Gasteiger partial charge in [-0.15, -0.1) is 0 Å². The van der Waals surface area contributed by atoms with Gasteiger partial charge < -0.3 is 5.32 Å². The van der Waals surface area contributed by atoms with Crippen LogP contribution in [0.5, 0.6) is 0 Å². The molecule has 1 N–H and O–H groups in total. The average molecular weight is 270 g/mol. The van der Waals surface area contributed by atoms with Crippen LogP contribution in [0.25, 0.3) is 0 Å². The summed E-state index contributed by atoms with van der Waals surface area (Å²) in [5.74, 6) is 0.895. The van der Waals surface area contributed by atoms with E-state index in [0.717, 1.165) is 5.92 Å². The predicted molar refractivity (Wildman–Crippen MR) is 88.8 cm³/mol. The van der Waals surface area contributed by atoms with Crippen molar-refractivity contribution in [2.75, 3.05) is 13.1 Å². The lowest BCUT2D eigenvalue weighted by atomic mass is 10.0. The van der Waals surface area contributed by atoms with Crippen molar-refractivity contribution >= 4 is 0 Å². The van der Waals surface area contributed by atoms with Gasteiger partial charge in [-0.1, -0.05) is 85.0 Å². The van der Waals surface area contributed by atoms with Gasteiger partial charge in [0.15, 0.2) is 0 Å². The Labute approximate surface area is 122 Å². The Morgan fingerprint density at radius 2 is 1.11 bits per heavy atom. The van der Waals surface area contributed by atoms with E-state index in [0.29, 0.717) is 0 Å². The summed E-state index contributed by atoms with van der Waals surface area (Å²) in [6.45, 7) is 9.31. The quantitative estimate of drug-likeness (QED) is 0.363. The number of nitrogens with one attached hydrogen (secondary N) is 1. The maximum absolute atomic E-state index is 3.47. The van der Waals surface area contributed by atoms with Crippen molar-refractivity contribution in [3.05, 3.63) is 0 Å². The molecule has 0 saturated carbocycles. The predicted octanol–water partition coefficient (Wildman–Crippen LogP) is 5.93. The zero-order valence-corrected chi connectivity index (χ0v) is 14.0. The molecule has 0 aliphatic rings. The summed E-state index contributed by atoms with van der Waals surface area (Å²) in [6.07, 6.45) is 17.2. The van der Waals surface area contributed by atoms with Gasteiger partial charge in [0.1, 0.15) is 0 Å². The van der Waals surface area contributed by atoms with E-state index >= 15 is 0 Å². The van der Waals surface area contributed by atoms with E-state index in [1.165, 1.54) is 90.1 Å². The maximum Gasteiger partial charge on any atom is -0.00489 e. The molecule has 116 valence electrons. The fourth-order valence-corrected chi connectivity index (χ4v) is 2.52. The standard InChI is InChI=1S/C18H39N/c1-4-16-19-17-14-12-10-8-6-5-7-9-11-13-15-18(2)3/h18-19H,4-17H2,1-3H3. The molecular weight excluding hydrogens is 230 g/mol. The van der Waals surface area contributed by atoms with Gasteiger partial charge in [0.2, 0.25) is 0 Å². The van der Waals surface area contributed by atoms with Crippen LogP contribution in [0.15, 0.2) is 0 Å². The number of hydrogen-bond acceptors (Lipinski definition) is 1. The lowest BCUT2D eigenvalue weighted by Gasteiger charge is -2.05. The molecule has 0 spiro atoms. The van der Waals surface area contributed by atoms with E-state index in [2.05, 4.69) is 26.1 Å². The minimum absolute atomic E-state index is 0.895. The molecule has 19 heavy (non-hydrogen) atoms. The second-order valence-electron chi connectivity index (χ2n) is 6.47. The molecule has 0 aromatic heterocycles. The molecule has 0 bridgehead atoms. The molecule has 0 amide bonds. The molecule has 0 aromatic rings. The van der Waals surface area contributed by atoms with Crippen LogP contribution in [0.2, 0.25) is 0 Å². The number of unbranched alkanes of at least 4 members (excludes halogenated alkanes) is 9. The molecule has 0 atom stereocenters. The molecule has 0 rings (SSSR count). The Morgan fingerprint density at radius 1 is 0.632 bits per heavy atom. The van der Waals surface area contributed by atoms with E-state index < -0.39 is 0 Å². The summed E-state index contributed by atoms with van der Waals surface area (Å²) < 4.78 is 0. The van der Waals surface area contributed by atoms with Crippen LogP contribution >= 0.6 is 0 Å². The van der Waals surface area contributed by atoms with E-state index in [1.807, 2.05) is 0 Å². The molecule has 0 unspecified atom stereocenters. The van der Waals surface area contributed by atoms with Crippen molar-refractivity contribution in [1.29, 1.82) is 0 Å². The zero-order valence-electron chi connectivity index (χ0n) is 14.0. The first-order valence-electron chi connectivity index (χ1n) is 8.98.